The van der Waals surface area contributed by atoms with Crippen LogP contribution in [0.3, 0.4) is 0 Å². The van der Waals surface area contributed by atoms with E-state index in [0.717, 1.165) is 64.2 Å². The molecule has 0 aliphatic rings. The molecule has 0 aromatic carbocycles. The van der Waals surface area contributed by atoms with E-state index in [1.807, 2.05) is 0 Å². The molecule has 0 heterocycles. The van der Waals surface area contributed by atoms with Gasteiger partial charge in [-0.05, 0) is 38.5 Å². The van der Waals surface area contributed by atoms with Gasteiger partial charge in [0.2, 0.25) is 0 Å². The van der Waals surface area contributed by atoms with Crippen LogP contribution in [0.5, 0.6) is 0 Å². The quantitative estimate of drug-likeness (QED) is 0.0263. The molecule has 0 aliphatic heterocycles. The highest BCUT2D eigenvalue weighted by molar-refractivity contribution is 5.71. The molecule has 0 N–H and O–H groups in total. The number of hydrogen-bond acceptors (Lipinski definition) is 6. The summed E-state index contributed by atoms with van der Waals surface area (Å²) in [7, 11) is 0. The van der Waals surface area contributed by atoms with Gasteiger partial charge in [0.15, 0.2) is 6.10 Å². The Kier molecular flexibility index (Phi) is 46.3. The zero-order valence-electron chi connectivity index (χ0n) is 39.1. The molecule has 1 unspecified atom stereocenters. The van der Waals surface area contributed by atoms with Crippen molar-refractivity contribution in [2.75, 3.05) is 13.2 Å². The summed E-state index contributed by atoms with van der Waals surface area (Å²) in [6.45, 7) is 6.61. The van der Waals surface area contributed by atoms with Gasteiger partial charge in [0.25, 0.3) is 0 Å². The number of rotatable bonds is 47. The van der Waals surface area contributed by atoms with Crippen molar-refractivity contribution in [2.45, 2.75) is 290 Å². The Bertz CT molecular complexity index is 900. The van der Waals surface area contributed by atoms with Gasteiger partial charge in [0, 0.05) is 19.3 Å². The predicted molar refractivity (Wildman–Crippen MR) is 247 cm³/mol. The van der Waals surface area contributed by atoms with Crippen LogP contribution in [0.1, 0.15) is 284 Å². The second-order valence-electron chi connectivity index (χ2n) is 17.4. The van der Waals surface area contributed by atoms with E-state index in [-0.39, 0.29) is 31.1 Å². The molecule has 0 amide bonds. The van der Waals surface area contributed by atoms with Gasteiger partial charge in [-0.15, -0.1) is 0 Å². The summed E-state index contributed by atoms with van der Waals surface area (Å²) in [5.41, 5.74) is 0. The number of ether oxygens (including phenoxy) is 3. The number of hydrogen-bond donors (Lipinski definition) is 0. The fourth-order valence-corrected chi connectivity index (χ4v) is 7.60. The second-order valence-corrected chi connectivity index (χ2v) is 17.4. The number of esters is 3. The van der Waals surface area contributed by atoms with Gasteiger partial charge < -0.3 is 14.2 Å². The van der Waals surface area contributed by atoms with E-state index >= 15 is 0 Å². The van der Waals surface area contributed by atoms with Crippen LogP contribution in [0.25, 0.3) is 0 Å². The fourth-order valence-electron chi connectivity index (χ4n) is 7.60. The van der Waals surface area contributed by atoms with Crippen molar-refractivity contribution in [1.82, 2.24) is 0 Å². The fraction of sp³-hybridized carbons (Fsp3) is 0.904. The average Bonchev–Trinajstić information content (AvgIpc) is 3.22. The Labute approximate surface area is 360 Å². The van der Waals surface area contributed by atoms with Crippen molar-refractivity contribution in [3.63, 3.8) is 0 Å². The van der Waals surface area contributed by atoms with Gasteiger partial charge in [-0.25, -0.2) is 0 Å². The number of unbranched alkanes of at least 4 members (excludes halogenated alkanes) is 34. The minimum Gasteiger partial charge on any atom is -0.462 e. The summed E-state index contributed by atoms with van der Waals surface area (Å²) < 4.78 is 16.8. The van der Waals surface area contributed by atoms with E-state index in [9.17, 15) is 14.4 Å². The normalized spacial score (nSPS) is 12.0. The van der Waals surface area contributed by atoms with Crippen molar-refractivity contribution < 1.29 is 28.6 Å². The summed E-state index contributed by atoms with van der Waals surface area (Å²) in [6, 6.07) is 0. The number of carbonyl (C=O) groups excluding carboxylic acids is 3. The highest BCUT2D eigenvalue weighted by Gasteiger charge is 2.19. The van der Waals surface area contributed by atoms with E-state index < -0.39 is 6.10 Å². The Hall–Kier alpha value is -1.85. The molecule has 6 heteroatoms. The first-order chi connectivity index (χ1) is 28.5. The SMILES string of the molecule is CCCC/C=C\CCCCCCCC(=O)OC(COC(=O)CCCCCCCCCCCC)COC(=O)CCCCCCCCCCCCCCCCCCCCC. The summed E-state index contributed by atoms with van der Waals surface area (Å²) in [6.07, 6.45) is 52.0. The molecule has 1 atom stereocenters. The molecule has 342 valence electrons. The van der Waals surface area contributed by atoms with Gasteiger partial charge in [-0.2, -0.15) is 0 Å². The van der Waals surface area contributed by atoms with Crippen molar-refractivity contribution >= 4 is 17.9 Å². The van der Waals surface area contributed by atoms with Gasteiger partial charge in [0.1, 0.15) is 13.2 Å². The maximum absolute atomic E-state index is 12.7. The largest absolute Gasteiger partial charge is 0.462 e. The number of carbonyl (C=O) groups is 3. The lowest BCUT2D eigenvalue weighted by atomic mass is 10.0. The second kappa shape index (κ2) is 47.8. The molecule has 0 saturated heterocycles. The van der Waals surface area contributed by atoms with Crippen LogP contribution < -0.4 is 0 Å². The van der Waals surface area contributed by atoms with Gasteiger partial charge in [0.05, 0.1) is 0 Å². The third-order valence-electron chi connectivity index (χ3n) is 11.5. The lowest BCUT2D eigenvalue weighted by Gasteiger charge is -2.18. The predicted octanol–water partition coefficient (Wildman–Crippen LogP) is 16.6. The Balaban J connectivity index is 4.22. The molecular formula is C52H98O6. The first-order valence-corrected chi connectivity index (χ1v) is 25.7. The molecule has 6 nitrogen and oxygen atoms in total. The molecule has 0 aromatic heterocycles. The molecule has 0 aromatic rings. The molecule has 0 rings (SSSR count). The zero-order chi connectivity index (χ0) is 42.3. The summed E-state index contributed by atoms with van der Waals surface area (Å²) in [5, 5.41) is 0. The zero-order valence-corrected chi connectivity index (χ0v) is 39.1. The van der Waals surface area contributed by atoms with Crippen molar-refractivity contribution in [3.8, 4) is 0 Å². The van der Waals surface area contributed by atoms with Gasteiger partial charge in [-0.3, -0.25) is 14.4 Å². The van der Waals surface area contributed by atoms with E-state index in [0.29, 0.717) is 19.3 Å². The first kappa shape index (κ1) is 56.1. The molecule has 58 heavy (non-hydrogen) atoms. The molecule has 0 spiro atoms. The molecule has 0 fully saturated rings. The van der Waals surface area contributed by atoms with Crippen molar-refractivity contribution in [1.29, 1.82) is 0 Å². The molecular weight excluding hydrogens is 721 g/mol. The third-order valence-corrected chi connectivity index (χ3v) is 11.5. The molecule has 0 aliphatic carbocycles. The van der Waals surface area contributed by atoms with E-state index in [1.165, 1.54) is 180 Å². The van der Waals surface area contributed by atoms with E-state index in [2.05, 4.69) is 32.9 Å². The van der Waals surface area contributed by atoms with Gasteiger partial charge in [-0.1, -0.05) is 238 Å². The Morgan fingerprint density at radius 2 is 0.586 bits per heavy atom. The highest BCUT2D eigenvalue weighted by Crippen LogP contribution is 2.16. The van der Waals surface area contributed by atoms with Crippen molar-refractivity contribution in [2.24, 2.45) is 0 Å². The number of allylic oxidation sites excluding steroid dienone is 2. The minimum atomic E-state index is -0.766. The van der Waals surface area contributed by atoms with Crippen molar-refractivity contribution in [3.05, 3.63) is 12.2 Å². The minimum absolute atomic E-state index is 0.0684. The van der Waals surface area contributed by atoms with Crippen LogP contribution in [0.4, 0.5) is 0 Å². The highest BCUT2D eigenvalue weighted by atomic mass is 16.6. The molecule has 0 saturated carbocycles. The van der Waals surface area contributed by atoms with Crippen LogP contribution in [0, 0.1) is 0 Å². The average molecular weight is 819 g/mol. The summed E-state index contributed by atoms with van der Waals surface area (Å²) in [5.74, 6) is -0.865. The van der Waals surface area contributed by atoms with Crippen LogP contribution in [-0.2, 0) is 28.6 Å². The van der Waals surface area contributed by atoms with E-state index in [1.54, 1.807) is 0 Å². The lowest BCUT2D eigenvalue weighted by molar-refractivity contribution is -0.167. The maximum atomic E-state index is 12.7. The molecule has 0 bridgehead atoms. The summed E-state index contributed by atoms with van der Waals surface area (Å²) >= 11 is 0. The maximum Gasteiger partial charge on any atom is 0.306 e. The monoisotopic (exact) mass is 819 g/mol. The standard InChI is InChI=1S/C52H98O6/c1-4-7-10-13-16-19-22-23-24-25-26-27-28-29-31-33-36-39-42-45-51(54)57-48-49(47-56-50(53)44-41-38-35-32-21-18-15-12-9-6-3)58-52(55)46-43-40-37-34-30-20-17-14-11-8-5-2/h14,17,49H,4-13,15-16,18-48H2,1-3H3/b17-14-. The Morgan fingerprint density at radius 1 is 0.328 bits per heavy atom. The van der Waals surface area contributed by atoms with Gasteiger partial charge >= 0.3 is 17.9 Å². The smallest absolute Gasteiger partial charge is 0.306 e. The van der Waals surface area contributed by atoms with Crippen LogP contribution in [0.2, 0.25) is 0 Å². The third kappa shape index (κ3) is 45.2. The molecule has 0 radical (unpaired) electrons. The van der Waals surface area contributed by atoms with E-state index in [4.69, 9.17) is 14.2 Å². The van der Waals surface area contributed by atoms with Crippen LogP contribution >= 0.6 is 0 Å². The lowest BCUT2D eigenvalue weighted by Crippen LogP contribution is -2.30. The topological polar surface area (TPSA) is 78.9 Å². The summed E-state index contributed by atoms with van der Waals surface area (Å²) in [4.78, 5) is 37.8. The first-order valence-electron chi connectivity index (χ1n) is 25.7. The Morgan fingerprint density at radius 3 is 0.914 bits per heavy atom. The van der Waals surface area contributed by atoms with Crippen LogP contribution in [0.15, 0.2) is 12.2 Å². The van der Waals surface area contributed by atoms with Crippen LogP contribution in [-0.4, -0.2) is 37.2 Å².